The Hall–Kier alpha value is -2.27. The Morgan fingerprint density at radius 2 is 2.03 bits per heavy atom. The van der Waals surface area contributed by atoms with Crippen LogP contribution in [0.15, 0.2) is 12.2 Å². The zero-order valence-corrected chi connectivity index (χ0v) is 19.3. The fourth-order valence-corrected chi connectivity index (χ4v) is 5.87. The van der Waals surface area contributed by atoms with E-state index in [9.17, 15) is 27.6 Å². The average molecular weight is 469 g/mol. The molecule has 3 rings (SSSR count). The Kier molecular flexibility index (Phi) is 6.80. The van der Waals surface area contributed by atoms with Crippen LogP contribution in [0.4, 0.5) is 4.79 Å². The SMILES string of the molecule is CC(=O)CCC1NC(=O)N(C)CCCCC=CC2CC2(C2CC2(C=O)S(N)(=O)=O)NC1=O. The fourth-order valence-electron chi connectivity index (χ4n) is 4.73. The van der Waals surface area contributed by atoms with Crippen molar-refractivity contribution in [3.8, 4) is 0 Å². The average Bonchev–Trinajstić information content (AvgIpc) is 3.60. The predicted molar refractivity (Wildman–Crippen MR) is 117 cm³/mol. The summed E-state index contributed by atoms with van der Waals surface area (Å²) in [5.74, 6) is -1.38. The van der Waals surface area contributed by atoms with E-state index in [1.165, 1.54) is 11.8 Å². The van der Waals surface area contributed by atoms with Crippen LogP contribution in [0.25, 0.3) is 0 Å². The van der Waals surface area contributed by atoms with Crippen LogP contribution >= 0.6 is 0 Å². The van der Waals surface area contributed by atoms with E-state index in [4.69, 9.17) is 5.14 Å². The van der Waals surface area contributed by atoms with E-state index in [-0.39, 0.29) is 31.0 Å². The molecule has 2 saturated carbocycles. The monoisotopic (exact) mass is 468 g/mol. The van der Waals surface area contributed by atoms with Crippen molar-refractivity contribution in [2.75, 3.05) is 13.6 Å². The number of carbonyl (C=O) groups excluding carboxylic acids is 4. The minimum atomic E-state index is -4.15. The van der Waals surface area contributed by atoms with Gasteiger partial charge in [0, 0.05) is 31.8 Å². The van der Waals surface area contributed by atoms with Crippen LogP contribution in [-0.2, 0) is 24.4 Å². The Bertz CT molecular complexity index is 935. The molecule has 3 amide bonds. The van der Waals surface area contributed by atoms with Gasteiger partial charge in [-0.2, -0.15) is 0 Å². The Morgan fingerprint density at radius 3 is 2.62 bits per heavy atom. The molecule has 5 unspecified atom stereocenters. The normalized spacial score (nSPS) is 35.7. The molecule has 5 atom stereocenters. The molecular weight excluding hydrogens is 436 g/mol. The Morgan fingerprint density at radius 1 is 1.31 bits per heavy atom. The molecule has 178 valence electrons. The summed E-state index contributed by atoms with van der Waals surface area (Å²) in [4.78, 5) is 50.5. The van der Waals surface area contributed by atoms with Crippen molar-refractivity contribution in [1.82, 2.24) is 15.5 Å². The van der Waals surface area contributed by atoms with Crippen molar-refractivity contribution in [2.24, 2.45) is 17.0 Å². The maximum atomic E-state index is 13.2. The number of nitrogens with two attached hydrogens (primary N) is 1. The van der Waals surface area contributed by atoms with Crippen molar-refractivity contribution >= 4 is 34.0 Å². The number of allylic oxidation sites excluding steroid dienone is 1. The van der Waals surface area contributed by atoms with Crippen molar-refractivity contribution in [3.63, 3.8) is 0 Å². The maximum Gasteiger partial charge on any atom is 0.317 e. The molecule has 0 aromatic carbocycles. The molecule has 0 spiro atoms. The first-order valence-electron chi connectivity index (χ1n) is 11.0. The van der Waals surface area contributed by atoms with Crippen LogP contribution in [0.2, 0.25) is 0 Å². The van der Waals surface area contributed by atoms with Gasteiger partial charge in [0.25, 0.3) is 0 Å². The lowest BCUT2D eigenvalue weighted by molar-refractivity contribution is -0.124. The van der Waals surface area contributed by atoms with E-state index in [2.05, 4.69) is 10.6 Å². The highest BCUT2D eigenvalue weighted by atomic mass is 32.2. The number of hydrogen-bond donors (Lipinski definition) is 3. The lowest BCUT2D eigenvalue weighted by Gasteiger charge is -2.27. The largest absolute Gasteiger partial charge is 0.348 e. The maximum absolute atomic E-state index is 13.2. The van der Waals surface area contributed by atoms with Gasteiger partial charge in [-0.05, 0) is 45.4 Å². The van der Waals surface area contributed by atoms with Gasteiger partial charge in [-0.1, -0.05) is 12.2 Å². The second-order valence-corrected chi connectivity index (χ2v) is 11.2. The molecule has 4 N–H and O–H groups in total. The first-order valence-corrected chi connectivity index (χ1v) is 12.5. The van der Waals surface area contributed by atoms with Gasteiger partial charge >= 0.3 is 6.03 Å². The molecule has 1 aliphatic heterocycles. The van der Waals surface area contributed by atoms with Gasteiger partial charge in [-0.25, -0.2) is 18.4 Å². The number of nitrogens with zero attached hydrogens (tertiary/aromatic N) is 1. The molecule has 0 bridgehead atoms. The highest BCUT2D eigenvalue weighted by Gasteiger charge is 2.77. The summed E-state index contributed by atoms with van der Waals surface area (Å²) in [6.07, 6.45) is 7.55. The standard InChI is InChI=1S/C21H32N4O6S/c1-14(27)8-9-16-18(28)24-21(17-12-20(17,13-26)32(22,30)31)11-15(21)7-5-3-4-6-10-25(2)19(29)23-16/h5,7,13,15-17H,3-4,6,8-12H2,1-2H3,(H,23,29)(H,24,28)(H2,22,30,31). The quantitative estimate of drug-likeness (QED) is 0.374. The molecule has 2 fully saturated rings. The van der Waals surface area contributed by atoms with E-state index in [1.807, 2.05) is 12.2 Å². The van der Waals surface area contributed by atoms with Crippen molar-refractivity contribution in [1.29, 1.82) is 0 Å². The molecular formula is C21H32N4O6S. The van der Waals surface area contributed by atoms with Crippen molar-refractivity contribution < 1.29 is 27.6 Å². The van der Waals surface area contributed by atoms with E-state index < -0.39 is 44.2 Å². The molecule has 3 aliphatic rings. The second kappa shape index (κ2) is 8.93. The number of nitrogens with one attached hydrogen (secondary N) is 2. The molecule has 11 heteroatoms. The number of rotatable bonds is 6. The van der Waals surface area contributed by atoms with Crippen LogP contribution in [0.3, 0.4) is 0 Å². The predicted octanol–water partition coefficient (Wildman–Crippen LogP) is 0.227. The third-order valence-electron chi connectivity index (χ3n) is 6.95. The third-order valence-corrected chi connectivity index (χ3v) is 8.55. The lowest BCUT2D eigenvalue weighted by atomic mass is 10.0. The summed E-state index contributed by atoms with van der Waals surface area (Å²) < 4.78 is 22.6. The van der Waals surface area contributed by atoms with Crippen LogP contribution in [0.5, 0.6) is 0 Å². The third kappa shape index (κ3) is 4.73. The number of sulfonamides is 1. The van der Waals surface area contributed by atoms with Crippen LogP contribution in [-0.4, -0.2) is 67.2 Å². The molecule has 0 aromatic heterocycles. The zero-order chi connectivity index (χ0) is 23.7. The summed E-state index contributed by atoms with van der Waals surface area (Å²) in [6, 6.07) is -1.38. The first-order chi connectivity index (χ1) is 15.0. The van der Waals surface area contributed by atoms with Gasteiger partial charge in [0.2, 0.25) is 15.9 Å². The number of ketones is 1. The first kappa shape index (κ1) is 24.4. The lowest BCUT2D eigenvalue weighted by Crippen LogP contribution is -2.55. The number of primary sulfonamides is 1. The molecule has 1 heterocycles. The zero-order valence-electron chi connectivity index (χ0n) is 18.5. The number of hydrogen-bond acceptors (Lipinski definition) is 6. The smallest absolute Gasteiger partial charge is 0.317 e. The molecule has 0 radical (unpaired) electrons. The van der Waals surface area contributed by atoms with Gasteiger partial charge in [0.1, 0.15) is 22.9 Å². The van der Waals surface area contributed by atoms with Crippen LogP contribution < -0.4 is 15.8 Å². The van der Waals surface area contributed by atoms with E-state index in [0.717, 1.165) is 19.3 Å². The molecule has 0 aromatic rings. The number of urea groups is 1. The topological polar surface area (TPSA) is 156 Å². The fraction of sp³-hybridized carbons (Fsp3) is 0.714. The van der Waals surface area contributed by atoms with Crippen molar-refractivity contribution in [3.05, 3.63) is 12.2 Å². The van der Waals surface area contributed by atoms with E-state index in [0.29, 0.717) is 19.3 Å². The summed E-state index contributed by atoms with van der Waals surface area (Å²) in [6.45, 7) is 1.94. The Labute approximate surface area is 188 Å². The second-order valence-electron chi connectivity index (χ2n) is 9.30. The van der Waals surface area contributed by atoms with Gasteiger partial charge in [0.05, 0.1) is 5.54 Å². The minimum Gasteiger partial charge on any atom is -0.348 e. The number of fused-ring (bicyclic) bond motifs is 1. The van der Waals surface area contributed by atoms with Gasteiger partial charge in [-0.15, -0.1) is 0 Å². The van der Waals surface area contributed by atoms with Crippen LogP contribution in [0.1, 0.15) is 51.9 Å². The Balaban J connectivity index is 1.89. The number of aldehydes is 1. The molecule has 2 aliphatic carbocycles. The molecule has 0 saturated heterocycles. The number of carbonyl (C=O) groups is 4. The summed E-state index contributed by atoms with van der Waals surface area (Å²) in [5, 5.41) is 11.0. The summed E-state index contributed by atoms with van der Waals surface area (Å²) >= 11 is 0. The highest BCUT2D eigenvalue weighted by molar-refractivity contribution is 7.91. The van der Waals surface area contributed by atoms with E-state index >= 15 is 0 Å². The minimum absolute atomic E-state index is 0.0488. The van der Waals surface area contributed by atoms with Gasteiger partial charge < -0.3 is 25.1 Å². The summed E-state index contributed by atoms with van der Waals surface area (Å²) in [7, 11) is -2.50. The van der Waals surface area contributed by atoms with Crippen LogP contribution in [0, 0.1) is 11.8 Å². The summed E-state index contributed by atoms with van der Waals surface area (Å²) in [5.41, 5.74) is -0.920. The van der Waals surface area contributed by atoms with Gasteiger partial charge in [-0.3, -0.25) is 4.79 Å². The van der Waals surface area contributed by atoms with E-state index in [1.54, 1.807) is 7.05 Å². The molecule has 32 heavy (non-hydrogen) atoms. The van der Waals surface area contributed by atoms with Gasteiger partial charge in [0.15, 0.2) is 0 Å². The van der Waals surface area contributed by atoms with Crippen molar-refractivity contribution in [2.45, 2.75) is 68.2 Å². The number of Topliss-reactive ketones (excluding diaryl/α,β-unsaturated/α-hetero) is 1. The number of amides is 3. The highest BCUT2D eigenvalue weighted by Crippen LogP contribution is 2.65. The molecule has 10 nitrogen and oxygen atoms in total.